The zero-order chi connectivity index (χ0) is 11.4. The van der Waals surface area contributed by atoms with Crippen LogP contribution in [0.4, 0.5) is 0 Å². The topological polar surface area (TPSA) is 63.6 Å². The van der Waals surface area contributed by atoms with Gasteiger partial charge >= 0.3 is 11.9 Å². The maximum Gasteiger partial charge on any atom is 0.313 e. The largest absolute Gasteiger partial charge is 0.516 e. The number of aliphatic hydroxyl groups is 1. The van der Waals surface area contributed by atoms with Crippen LogP contribution in [-0.2, 0) is 14.3 Å². The van der Waals surface area contributed by atoms with Crippen molar-refractivity contribution in [3.8, 4) is 0 Å². The molecule has 0 aliphatic rings. The highest BCUT2D eigenvalue weighted by Crippen LogP contribution is 1.95. The molecule has 4 nitrogen and oxygen atoms in total. The molecule has 0 saturated carbocycles. The monoisotopic (exact) mass is 202 g/mol. The number of aliphatic hydroxyl groups excluding tert-OH is 1. The number of ether oxygens (including phenoxy) is 1. The molecule has 82 valence electrons. The maximum atomic E-state index is 10.7. The van der Waals surface area contributed by atoms with Crippen LogP contribution in [-0.4, -0.2) is 17.0 Å². The molecular weight excluding hydrogens is 184 g/mol. The first kappa shape index (κ1) is 15.2. The van der Waals surface area contributed by atoms with E-state index >= 15 is 0 Å². The summed E-state index contributed by atoms with van der Waals surface area (Å²) in [5, 5.41) is 7.33. The highest BCUT2D eigenvalue weighted by molar-refractivity contribution is 5.85. The summed E-state index contributed by atoms with van der Waals surface area (Å²) in [6.45, 7) is 6.65. The predicted molar refractivity (Wildman–Crippen MR) is 53.7 cm³/mol. The fraction of sp³-hybridized carbons (Fsp3) is 0.600. The predicted octanol–water partition coefficient (Wildman–Crippen LogP) is 2.34. The standard InChI is InChI=1S/C8H14O3.C2H4O/c1-3-5-7(9)11-8(10)6-4-2;1-2-3/h3-6H2,1-2H3;2-3H,1H2. The molecule has 0 radical (unpaired) electrons. The van der Waals surface area contributed by atoms with Crippen LogP contribution in [0.2, 0.25) is 0 Å². The van der Waals surface area contributed by atoms with Gasteiger partial charge in [0.15, 0.2) is 0 Å². The highest BCUT2D eigenvalue weighted by Gasteiger charge is 2.06. The number of carbonyl (C=O) groups excluding carboxylic acids is 2. The fourth-order valence-electron chi connectivity index (χ4n) is 0.637. The highest BCUT2D eigenvalue weighted by atomic mass is 16.6. The van der Waals surface area contributed by atoms with Gasteiger partial charge in [-0.15, -0.1) is 0 Å². The first-order valence-electron chi connectivity index (χ1n) is 4.60. The molecular formula is C10H18O4. The SMILES string of the molecule is C=CO.CCCC(=O)OC(=O)CCC. The Kier molecular flexibility index (Phi) is 12.7. The molecule has 0 bridgehead atoms. The second-order valence-corrected chi connectivity index (χ2v) is 2.53. The van der Waals surface area contributed by atoms with E-state index in [9.17, 15) is 9.59 Å². The van der Waals surface area contributed by atoms with E-state index in [-0.39, 0.29) is 0 Å². The van der Waals surface area contributed by atoms with E-state index in [2.05, 4.69) is 11.3 Å². The maximum absolute atomic E-state index is 10.7. The first-order valence-corrected chi connectivity index (χ1v) is 4.60. The van der Waals surface area contributed by atoms with Crippen LogP contribution in [0.25, 0.3) is 0 Å². The van der Waals surface area contributed by atoms with E-state index in [1.54, 1.807) is 0 Å². The molecule has 0 aromatic heterocycles. The Labute approximate surface area is 84.6 Å². The van der Waals surface area contributed by atoms with Crippen LogP contribution in [0.15, 0.2) is 12.8 Å². The molecule has 0 aromatic carbocycles. The van der Waals surface area contributed by atoms with Crippen molar-refractivity contribution in [2.24, 2.45) is 0 Å². The summed E-state index contributed by atoms with van der Waals surface area (Å²) in [4.78, 5) is 21.4. The number of rotatable bonds is 4. The molecule has 0 fully saturated rings. The minimum Gasteiger partial charge on any atom is -0.516 e. The molecule has 0 heterocycles. The zero-order valence-electron chi connectivity index (χ0n) is 8.78. The molecule has 14 heavy (non-hydrogen) atoms. The molecule has 0 atom stereocenters. The van der Waals surface area contributed by atoms with Gasteiger partial charge < -0.3 is 9.84 Å². The van der Waals surface area contributed by atoms with Crippen LogP contribution in [0.3, 0.4) is 0 Å². The van der Waals surface area contributed by atoms with E-state index in [0.717, 1.165) is 19.1 Å². The molecule has 0 aliphatic heterocycles. The molecule has 0 amide bonds. The Morgan fingerprint density at radius 2 is 1.50 bits per heavy atom. The van der Waals surface area contributed by atoms with Gasteiger partial charge in [-0.3, -0.25) is 9.59 Å². The third kappa shape index (κ3) is 13.3. The minimum atomic E-state index is -0.411. The van der Waals surface area contributed by atoms with E-state index in [0.29, 0.717) is 12.8 Å². The van der Waals surface area contributed by atoms with Crippen molar-refractivity contribution in [1.82, 2.24) is 0 Å². The molecule has 1 N–H and O–H groups in total. The van der Waals surface area contributed by atoms with Gasteiger partial charge in [0.05, 0.1) is 6.26 Å². The van der Waals surface area contributed by atoms with E-state index in [1.807, 2.05) is 13.8 Å². The van der Waals surface area contributed by atoms with Crippen LogP contribution >= 0.6 is 0 Å². The second-order valence-electron chi connectivity index (χ2n) is 2.53. The normalized spacial score (nSPS) is 8.14. The van der Waals surface area contributed by atoms with Crippen molar-refractivity contribution in [1.29, 1.82) is 0 Å². The average Bonchev–Trinajstić information content (AvgIpc) is 2.05. The van der Waals surface area contributed by atoms with Gasteiger partial charge in [0, 0.05) is 12.8 Å². The van der Waals surface area contributed by atoms with Crippen molar-refractivity contribution in [3.05, 3.63) is 12.8 Å². The Balaban J connectivity index is 0. The van der Waals surface area contributed by atoms with Crippen LogP contribution in [0.1, 0.15) is 39.5 Å². The van der Waals surface area contributed by atoms with Crippen molar-refractivity contribution in [3.63, 3.8) is 0 Å². The molecule has 0 aromatic rings. The quantitative estimate of drug-likeness (QED) is 0.431. The Bertz CT molecular complexity index is 159. The zero-order valence-corrected chi connectivity index (χ0v) is 8.78. The molecule has 0 rings (SSSR count). The van der Waals surface area contributed by atoms with Gasteiger partial charge in [-0.05, 0) is 12.8 Å². The lowest BCUT2D eigenvalue weighted by atomic mass is 10.3. The number of esters is 2. The molecule has 4 heteroatoms. The first-order chi connectivity index (χ1) is 6.62. The molecule has 0 spiro atoms. The average molecular weight is 202 g/mol. The van der Waals surface area contributed by atoms with Crippen molar-refractivity contribution in [2.45, 2.75) is 39.5 Å². The van der Waals surface area contributed by atoms with Gasteiger partial charge in [0.1, 0.15) is 0 Å². The molecule has 0 unspecified atom stereocenters. The molecule has 0 aliphatic carbocycles. The third-order valence-electron chi connectivity index (χ3n) is 1.14. The Hall–Kier alpha value is -1.32. The summed E-state index contributed by atoms with van der Waals surface area (Å²) in [5.41, 5.74) is 0. The lowest BCUT2D eigenvalue weighted by Gasteiger charge is -1.98. The minimum absolute atomic E-state index is 0.329. The van der Waals surface area contributed by atoms with E-state index in [1.165, 1.54) is 0 Å². The van der Waals surface area contributed by atoms with E-state index < -0.39 is 11.9 Å². The van der Waals surface area contributed by atoms with Gasteiger partial charge in [-0.2, -0.15) is 0 Å². The van der Waals surface area contributed by atoms with Crippen molar-refractivity contribution in [2.75, 3.05) is 0 Å². The fourth-order valence-corrected chi connectivity index (χ4v) is 0.637. The summed E-state index contributed by atoms with van der Waals surface area (Å²) in [5.74, 6) is -0.822. The number of hydrogen-bond acceptors (Lipinski definition) is 4. The third-order valence-corrected chi connectivity index (χ3v) is 1.14. The number of hydrogen-bond donors (Lipinski definition) is 1. The smallest absolute Gasteiger partial charge is 0.313 e. The van der Waals surface area contributed by atoms with Crippen molar-refractivity contribution < 1.29 is 19.4 Å². The Morgan fingerprint density at radius 3 is 1.71 bits per heavy atom. The number of carbonyl (C=O) groups is 2. The van der Waals surface area contributed by atoms with Gasteiger partial charge in [0.25, 0.3) is 0 Å². The summed E-state index contributed by atoms with van der Waals surface area (Å²) < 4.78 is 4.45. The van der Waals surface area contributed by atoms with Gasteiger partial charge in [0.2, 0.25) is 0 Å². The van der Waals surface area contributed by atoms with Crippen molar-refractivity contribution >= 4 is 11.9 Å². The lowest BCUT2D eigenvalue weighted by Crippen LogP contribution is -2.10. The van der Waals surface area contributed by atoms with Crippen LogP contribution in [0.5, 0.6) is 0 Å². The van der Waals surface area contributed by atoms with Crippen LogP contribution in [0, 0.1) is 0 Å². The summed E-state index contributed by atoms with van der Waals surface area (Å²) in [6.07, 6.45) is 2.85. The summed E-state index contributed by atoms with van der Waals surface area (Å²) in [7, 11) is 0. The summed E-state index contributed by atoms with van der Waals surface area (Å²) in [6, 6.07) is 0. The Morgan fingerprint density at radius 1 is 1.21 bits per heavy atom. The van der Waals surface area contributed by atoms with E-state index in [4.69, 9.17) is 5.11 Å². The molecule has 0 saturated heterocycles. The van der Waals surface area contributed by atoms with Gasteiger partial charge in [-0.1, -0.05) is 20.4 Å². The second kappa shape index (κ2) is 11.7. The lowest BCUT2D eigenvalue weighted by molar-refractivity contribution is -0.159. The van der Waals surface area contributed by atoms with Gasteiger partial charge in [-0.25, -0.2) is 0 Å². The van der Waals surface area contributed by atoms with Crippen LogP contribution < -0.4 is 0 Å². The summed E-state index contributed by atoms with van der Waals surface area (Å²) >= 11 is 0.